The second kappa shape index (κ2) is 6.36. The molecule has 1 fully saturated rings. The highest BCUT2D eigenvalue weighted by molar-refractivity contribution is 5.89. The van der Waals surface area contributed by atoms with Crippen molar-refractivity contribution in [1.29, 1.82) is 0 Å². The molecule has 1 aliphatic rings. The van der Waals surface area contributed by atoms with Gasteiger partial charge in [-0.3, -0.25) is 4.40 Å². The molecule has 0 bridgehead atoms. The molecule has 142 valence electrons. The minimum atomic E-state index is -0.298. The number of hydrogen-bond donors (Lipinski definition) is 0. The van der Waals surface area contributed by atoms with E-state index in [1.165, 1.54) is 18.5 Å². The molecule has 0 atom stereocenters. The third kappa shape index (κ3) is 2.54. The second-order valence-electron chi connectivity index (χ2n) is 6.94. The Morgan fingerprint density at radius 2 is 2.04 bits per heavy atom. The van der Waals surface area contributed by atoms with E-state index in [0.717, 1.165) is 48.0 Å². The molecule has 5 rings (SSSR count). The standard InChI is InChI=1S/C19H19FN8/c1-3-16-24-25-19-18(21-6-7-28(16)19)27-9-13(10-27)26(2)17-14-5-4-12(20)8-15(14)22-11-23-17/h4-8,11,13H,3,9-10H2,1-2H3. The van der Waals surface area contributed by atoms with Crippen LogP contribution in [0.25, 0.3) is 16.6 Å². The van der Waals surface area contributed by atoms with Crippen LogP contribution in [0.5, 0.6) is 0 Å². The van der Waals surface area contributed by atoms with E-state index in [9.17, 15) is 4.39 Å². The summed E-state index contributed by atoms with van der Waals surface area (Å²) >= 11 is 0. The van der Waals surface area contributed by atoms with Gasteiger partial charge in [0.25, 0.3) is 0 Å². The SMILES string of the molecule is CCc1nnc2c(N3CC(N(C)c4ncnc5cc(F)ccc45)C3)nccn12. The van der Waals surface area contributed by atoms with Crippen LogP contribution in [0.4, 0.5) is 16.0 Å². The number of anilines is 2. The van der Waals surface area contributed by atoms with Crippen molar-refractivity contribution < 1.29 is 4.39 Å². The molecule has 0 N–H and O–H groups in total. The minimum absolute atomic E-state index is 0.263. The van der Waals surface area contributed by atoms with Gasteiger partial charge in [0, 0.05) is 50.4 Å². The van der Waals surface area contributed by atoms with Crippen molar-refractivity contribution in [2.75, 3.05) is 29.9 Å². The molecule has 1 aromatic carbocycles. The zero-order chi connectivity index (χ0) is 19.3. The molecular weight excluding hydrogens is 359 g/mol. The molecule has 0 radical (unpaired) electrons. The Labute approximate surface area is 160 Å². The van der Waals surface area contributed by atoms with E-state index in [2.05, 4.69) is 41.9 Å². The van der Waals surface area contributed by atoms with Crippen molar-refractivity contribution in [2.45, 2.75) is 19.4 Å². The van der Waals surface area contributed by atoms with Crippen molar-refractivity contribution in [3.05, 3.63) is 48.6 Å². The fourth-order valence-electron chi connectivity index (χ4n) is 3.67. The number of nitrogens with zero attached hydrogens (tertiary/aromatic N) is 8. The van der Waals surface area contributed by atoms with Gasteiger partial charge in [-0.15, -0.1) is 10.2 Å². The maximum Gasteiger partial charge on any atom is 0.203 e. The first-order chi connectivity index (χ1) is 13.7. The molecule has 0 amide bonds. The minimum Gasteiger partial charge on any atom is -0.353 e. The average Bonchev–Trinajstić information content (AvgIpc) is 3.10. The molecule has 0 unspecified atom stereocenters. The Bertz CT molecular complexity index is 1170. The molecule has 9 heteroatoms. The zero-order valence-electron chi connectivity index (χ0n) is 15.6. The van der Waals surface area contributed by atoms with Crippen LogP contribution in [-0.2, 0) is 6.42 Å². The van der Waals surface area contributed by atoms with Gasteiger partial charge in [0.1, 0.15) is 23.8 Å². The fourth-order valence-corrected chi connectivity index (χ4v) is 3.67. The molecule has 8 nitrogen and oxygen atoms in total. The van der Waals surface area contributed by atoms with Gasteiger partial charge < -0.3 is 9.80 Å². The topological polar surface area (TPSA) is 75.3 Å². The molecular formula is C19H19FN8. The van der Waals surface area contributed by atoms with Gasteiger partial charge in [-0.25, -0.2) is 19.3 Å². The first kappa shape index (κ1) is 16.8. The van der Waals surface area contributed by atoms with Gasteiger partial charge in [0.05, 0.1) is 11.6 Å². The van der Waals surface area contributed by atoms with Gasteiger partial charge in [-0.2, -0.15) is 0 Å². The summed E-state index contributed by atoms with van der Waals surface area (Å²) in [6.45, 7) is 3.65. The van der Waals surface area contributed by atoms with Crippen LogP contribution in [0.15, 0.2) is 36.9 Å². The van der Waals surface area contributed by atoms with Gasteiger partial charge >= 0.3 is 0 Å². The first-order valence-electron chi connectivity index (χ1n) is 9.22. The Kier molecular flexibility index (Phi) is 3.81. The monoisotopic (exact) mass is 378 g/mol. The van der Waals surface area contributed by atoms with Gasteiger partial charge in [0.15, 0.2) is 5.82 Å². The molecule has 0 aliphatic carbocycles. The summed E-state index contributed by atoms with van der Waals surface area (Å²) in [6.07, 6.45) is 5.98. The largest absolute Gasteiger partial charge is 0.353 e. The lowest BCUT2D eigenvalue weighted by molar-refractivity contribution is 0.491. The van der Waals surface area contributed by atoms with Crippen molar-refractivity contribution in [1.82, 2.24) is 29.5 Å². The quantitative estimate of drug-likeness (QED) is 0.538. The van der Waals surface area contributed by atoms with Gasteiger partial charge in [0.2, 0.25) is 5.65 Å². The predicted octanol–water partition coefficient (Wildman–Crippen LogP) is 2.09. The van der Waals surface area contributed by atoms with Crippen LogP contribution >= 0.6 is 0 Å². The van der Waals surface area contributed by atoms with E-state index in [0.29, 0.717) is 5.52 Å². The summed E-state index contributed by atoms with van der Waals surface area (Å²) in [7, 11) is 2.01. The number of likely N-dealkylation sites (N-methyl/N-ethyl adjacent to an activating group) is 1. The summed E-state index contributed by atoms with van der Waals surface area (Å²) in [4.78, 5) is 17.4. The highest BCUT2D eigenvalue weighted by Gasteiger charge is 2.34. The number of aryl methyl sites for hydroxylation is 1. The van der Waals surface area contributed by atoms with Crippen molar-refractivity contribution in [2.24, 2.45) is 0 Å². The van der Waals surface area contributed by atoms with E-state index in [1.807, 2.05) is 17.6 Å². The van der Waals surface area contributed by atoms with E-state index in [4.69, 9.17) is 0 Å². The van der Waals surface area contributed by atoms with Crippen molar-refractivity contribution in [3.63, 3.8) is 0 Å². The van der Waals surface area contributed by atoms with Crippen LogP contribution in [0.2, 0.25) is 0 Å². The van der Waals surface area contributed by atoms with Crippen molar-refractivity contribution in [3.8, 4) is 0 Å². The lowest BCUT2D eigenvalue weighted by Crippen LogP contribution is -2.59. The second-order valence-corrected chi connectivity index (χ2v) is 6.94. The molecule has 3 aromatic heterocycles. The molecule has 4 heterocycles. The summed E-state index contributed by atoms with van der Waals surface area (Å²) in [5.41, 5.74) is 1.39. The average molecular weight is 378 g/mol. The summed E-state index contributed by atoms with van der Waals surface area (Å²) in [5.74, 6) is 2.27. The third-order valence-electron chi connectivity index (χ3n) is 5.32. The van der Waals surface area contributed by atoms with Crippen LogP contribution in [0.3, 0.4) is 0 Å². The smallest absolute Gasteiger partial charge is 0.203 e. The van der Waals surface area contributed by atoms with Crippen LogP contribution in [0.1, 0.15) is 12.7 Å². The number of hydrogen-bond acceptors (Lipinski definition) is 7. The molecule has 4 aromatic rings. The fraction of sp³-hybridized carbons (Fsp3) is 0.316. The predicted molar refractivity (Wildman–Crippen MR) is 104 cm³/mol. The maximum atomic E-state index is 13.5. The van der Waals surface area contributed by atoms with Crippen LogP contribution < -0.4 is 9.80 Å². The van der Waals surface area contributed by atoms with Crippen LogP contribution in [0, 0.1) is 5.82 Å². The number of rotatable bonds is 4. The lowest BCUT2D eigenvalue weighted by atomic mass is 10.1. The normalized spacial score (nSPS) is 14.6. The van der Waals surface area contributed by atoms with Crippen molar-refractivity contribution >= 4 is 28.2 Å². The lowest BCUT2D eigenvalue weighted by Gasteiger charge is -2.45. The number of benzene rings is 1. The number of halogens is 1. The summed E-state index contributed by atoms with van der Waals surface area (Å²) in [5, 5.41) is 9.40. The number of fused-ring (bicyclic) bond motifs is 2. The Morgan fingerprint density at radius 3 is 2.86 bits per heavy atom. The number of aromatic nitrogens is 6. The van der Waals surface area contributed by atoms with E-state index < -0.39 is 0 Å². The highest BCUT2D eigenvalue weighted by Crippen LogP contribution is 2.29. The van der Waals surface area contributed by atoms with E-state index in [1.54, 1.807) is 12.3 Å². The molecule has 0 saturated carbocycles. The summed E-state index contributed by atoms with van der Waals surface area (Å²) in [6, 6.07) is 4.87. The highest BCUT2D eigenvalue weighted by atomic mass is 19.1. The Morgan fingerprint density at radius 1 is 1.18 bits per heavy atom. The maximum absolute atomic E-state index is 13.5. The molecule has 0 spiro atoms. The third-order valence-corrected chi connectivity index (χ3v) is 5.32. The molecule has 1 aliphatic heterocycles. The molecule has 1 saturated heterocycles. The first-order valence-corrected chi connectivity index (χ1v) is 9.22. The van der Waals surface area contributed by atoms with E-state index >= 15 is 0 Å². The Hall–Kier alpha value is -3.36. The van der Waals surface area contributed by atoms with Gasteiger partial charge in [-0.1, -0.05) is 6.92 Å². The summed E-state index contributed by atoms with van der Waals surface area (Å²) < 4.78 is 15.5. The molecule has 28 heavy (non-hydrogen) atoms. The zero-order valence-corrected chi connectivity index (χ0v) is 15.6. The van der Waals surface area contributed by atoms with E-state index in [-0.39, 0.29) is 11.9 Å². The Balaban J connectivity index is 1.40. The van der Waals surface area contributed by atoms with Crippen LogP contribution in [-0.4, -0.2) is 55.7 Å². The van der Waals surface area contributed by atoms with Gasteiger partial charge in [-0.05, 0) is 12.1 Å².